The SMILES string of the molecule is COc1cccc(CC(=O)N[C@H]2C[C@@H](O)CN(Cc3cc(=O)n4[nH]cnc4n3)C2)c1.O=CO. The maximum atomic E-state index is 12.5. The topological polar surface area (TPSA) is 162 Å². The first-order chi connectivity index (χ1) is 15.9. The number of H-pyrrole nitrogens is 1. The minimum absolute atomic E-state index is 0.114. The van der Waals surface area contributed by atoms with Gasteiger partial charge in [0.2, 0.25) is 5.91 Å². The number of piperidine rings is 1. The number of methoxy groups -OCH3 is 1. The average Bonchev–Trinajstić information content (AvgIpc) is 3.23. The van der Waals surface area contributed by atoms with Crippen LogP contribution in [0.3, 0.4) is 0 Å². The molecule has 0 aliphatic carbocycles. The Morgan fingerprint density at radius 2 is 2.15 bits per heavy atom. The summed E-state index contributed by atoms with van der Waals surface area (Å²) in [5, 5.41) is 22.9. The maximum absolute atomic E-state index is 12.5. The second-order valence-electron chi connectivity index (χ2n) is 7.59. The Balaban J connectivity index is 0.000000968. The molecule has 0 spiro atoms. The zero-order valence-electron chi connectivity index (χ0n) is 18.0. The molecule has 1 saturated heterocycles. The Kier molecular flexibility index (Phi) is 8.11. The maximum Gasteiger partial charge on any atom is 0.290 e. The van der Waals surface area contributed by atoms with E-state index in [1.54, 1.807) is 7.11 Å². The number of aromatic amines is 1. The molecule has 1 aromatic carbocycles. The minimum Gasteiger partial charge on any atom is -0.497 e. The fourth-order valence-corrected chi connectivity index (χ4v) is 3.82. The standard InChI is InChI=1S/C20H24N6O4.CH2O2/c1-30-17-4-2-3-13(5-17)6-18(28)23-14-7-16(27)11-25(9-14)10-15-8-19(29)26-20(24-15)21-12-22-26;2-1-3/h2-5,8,12,14,16,27H,6-7,9-11H2,1H3,(H,23,28)(H,21,22,24);1H,(H,2,3)/t14-,16+;/m0./s1. The molecule has 1 aliphatic rings. The van der Waals surface area contributed by atoms with Crippen LogP contribution in [0.2, 0.25) is 0 Å². The molecule has 33 heavy (non-hydrogen) atoms. The van der Waals surface area contributed by atoms with Crippen LogP contribution in [0.25, 0.3) is 5.78 Å². The van der Waals surface area contributed by atoms with Crippen LogP contribution in [0, 0.1) is 0 Å². The molecule has 0 unspecified atom stereocenters. The zero-order valence-corrected chi connectivity index (χ0v) is 18.0. The number of carbonyl (C=O) groups is 2. The van der Waals surface area contributed by atoms with Crippen molar-refractivity contribution in [1.82, 2.24) is 29.8 Å². The van der Waals surface area contributed by atoms with Gasteiger partial charge in [0.25, 0.3) is 17.8 Å². The van der Waals surface area contributed by atoms with Gasteiger partial charge in [0.1, 0.15) is 12.1 Å². The van der Waals surface area contributed by atoms with E-state index >= 15 is 0 Å². The molecule has 2 aromatic heterocycles. The molecular weight excluding hydrogens is 432 g/mol. The minimum atomic E-state index is -0.573. The molecular formula is C21H26N6O6. The number of ether oxygens (including phenoxy) is 1. The third-order valence-electron chi connectivity index (χ3n) is 5.07. The number of aliphatic hydroxyl groups excluding tert-OH is 1. The van der Waals surface area contributed by atoms with E-state index in [2.05, 4.69) is 20.4 Å². The lowest BCUT2D eigenvalue weighted by molar-refractivity contribution is -0.123. The van der Waals surface area contributed by atoms with Crippen LogP contribution in [0.4, 0.5) is 0 Å². The summed E-state index contributed by atoms with van der Waals surface area (Å²) >= 11 is 0. The Morgan fingerprint density at radius 1 is 1.36 bits per heavy atom. The highest BCUT2D eigenvalue weighted by Crippen LogP contribution is 2.15. The summed E-state index contributed by atoms with van der Waals surface area (Å²) < 4.78 is 6.45. The number of aliphatic hydroxyl groups is 1. The number of carbonyl (C=O) groups excluding carboxylic acids is 1. The molecule has 1 aliphatic heterocycles. The van der Waals surface area contributed by atoms with Gasteiger partial charge in [-0.1, -0.05) is 12.1 Å². The van der Waals surface area contributed by atoms with Crippen molar-refractivity contribution in [2.75, 3.05) is 20.2 Å². The zero-order chi connectivity index (χ0) is 23.8. The van der Waals surface area contributed by atoms with Crippen LogP contribution >= 0.6 is 0 Å². The number of β-amino-alcohol motifs (C(OH)–C–C–N with tert-alkyl or cyclic N) is 1. The molecule has 3 aromatic rings. The van der Waals surface area contributed by atoms with Crippen molar-refractivity contribution < 1.29 is 24.5 Å². The summed E-state index contributed by atoms with van der Waals surface area (Å²) in [5.41, 5.74) is 1.19. The van der Waals surface area contributed by atoms with E-state index < -0.39 is 6.10 Å². The second kappa shape index (κ2) is 11.2. The Hall–Kier alpha value is -3.77. The monoisotopic (exact) mass is 458 g/mol. The summed E-state index contributed by atoms with van der Waals surface area (Å²) in [6.07, 6.45) is 1.55. The van der Waals surface area contributed by atoms with Gasteiger partial charge in [0.15, 0.2) is 0 Å². The molecule has 3 heterocycles. The number of aromatic nitrogens is 4. The quantitative estimate of drug-likeness (QED) is 0.354. The lowest BCUT2D eigenvalue weighted by Gasteiger charge is -2.35. The van der Waals surface area contributed by atoms with Crippen molar-refractivity contribution in [1.29, 1.82) is 0 Å². The van der Waals surface area contributed by atoms with Gasteiger partial charge in [-0.3, -0.25) is 24.4 Å². The van der Waals surface area contributed by atoms with Crippen molar-refractivity contribution in [3.8, 4) is 5.75 Å². The van der Waals surface area contributed by atoms with Gasteiger partial charge in [-0.05, 0) is 24.1 Å². The Labute approximate surface area is 188 Å². The van der Waals surface area contributed by atoms with Crippen LogP contribution in [0.1, 0.15) is 17.7 Å². The van der Waals surface area contributed by atoms with Crippen molar-refractivity contribution in [3.05, 3.63) is 58.3 Å². The highest BCUT2D eigenvalue weighted by molar-refractivity contribution is 5.79. The molecule has 0 saturated carbocycles. The van der Waals surface area contributed by atoms with Gasteiger partial charge in [-0.2, -0.15) is 4.52 Å². The van der Waals surface area contributed by atoms with E-state index in [4.69, 9.17) is 14.6 Å². The largest absolute Gasteiger partial charge is 0.497 e. The summed E-state index contributed by atoms with van der Waals surface area (Å²) in [6, 6.07) is 8.64. The molecule has 4 N–H and O–H groups in total. The van der Waals surface area contributed by atoms with E-state index in [9.17, 15) is 14.7 Å². The lowest BCUT2D eigenvalue weighted by atomic mass is 10.0. The predicted molar refractivity (Wildman–Crippen MR) is 117 cm³/mol. The first-order valence-corrected chi connectivity index (χ1v) is 10.2. The number of likely N-dealkylation sites (tertiary alicyclic amines) is 1. The Morgan fingerprint density at radius 3 is 2.91 bits per heavy atom. The van der Waals surface area contributed by atoms with E-state index in [-0.39, 0.29) is 30.4 Å². The number of nitrogens with zero attached hydrogens (tertiary/aromatic N) is 4. The number of carboxylic acid groups (broad SMARTS) is 1. The van der Waals surface area contributed by atoms with Crippen LogP contribution in [0.5, 0.6) is 5.75 Å². The number of amides is 1. The van der Waals surface area contributed by atoms with E-state index in [0.29, 0.717) is 43.3 Å². The number of benzene rings is 1. The van der Waals surface area contributed by atoms with Crippen molar-refractivity contribution in [3.63, 3.8) is 0 Å². The third kappa shape index (κ3) is 6.60. The summed E-state index contributed by atoms with van der Waals surface area (Å²) in [7, 11) is 1.59. The number of rotatable bonds is 6. The molecule has 12 heteroatoms. The van der Waals surface area contributed by atoms with E-state index in [1.165, 1.54) is 16.9 Å². The second-order valence-corrected chi connectivity index (χ2v) is 7.59. The van der Waals surface area contributed by atoms with Gasteiger partial charge in [0, 0.05) is 31.7 Å². The molecule has 1 amide bonds. The van der Waals surface area contributed by atoms with Crippen molar-refractivity contribution >= 4 is 18.2 Å². The van der Waals surface area contributed by atoms with Crippen molar-refractivity contribution in [2.24, 2.45) is 0 Å². The van der Waals surface area contributed by atoms with Gasteiger partial charge >= 0.3 is 0 Å². The normalized spacial score (nSPS) is 18.2. The van der Waals surface area contributed by atoms with Crippen LogP contribution < -0.4 is 15.6 Å². The van der Waals surface area contributed by atoms with Crippen LogP contribution in [-0.4, -0.2) is 79.4 Å². The molecule has 0 radical (unpaired) electrons. The first-order valence-electron chi connectivity index (χ1n) is 10.2. The van der Waals surface area contributed by atoms with E-state index in [1.807, 2.05) is 29.2 Å². The lowest BCUT2D eigenvalue weighted by Crippen LogP contribution is -2.52. The van der Waals surface area contributed by atoms with Gasteiger partial charge < -0.3 is 20.3 Å². The highest BCUT2D eigenvalue weighted by Gasteiger charge is 2.27. The summed E-state index contributed by atoms with van der Waals surface area (Å²) in [6.45, 7) is 1.14. The van der Waals surface area contributed by atoms with Crippen LogP contribution in [-0.2, 0) is 22.6 Å². The van der Waals surface area contributed by atoms with Gasteiger partial charge in [-0.25, -0.2) is 9.97 Å². The number of hydrogen-bond donors (Lipinski definition) is 4. The molecule has 176 valence electrons. The Bertz CT molecular complexity index is 1150. The first kappa shape index (κ1) is 23.9. The summed E-state index contributed by atoms with van der Waals surface area (Å²) in [4.78, 5) is 43.3. The fraction of sp³-hybridized carbons (Fsp3) is 0.381. The fourth-order valence-electron chi connectivity index (χ4n) is 3.82. The average molecular weight is 458 g/mol. The number of fused-ring (bicyclic) bond motifs is 1. The molecule has 12 nitrogen and oxygen atoms in total. The highest BCUT2D eigenvalue weighted by atomic mass is 16.5. The predicted octanol–water partition coefficient (Wildman–Crippen LogP) is -0.579. The molecule has 1 fully saturated rings. The molecule has 2 atom stereocenters. The van der Waals surface area contributed by atoms with Crippen LogP contribution in [0.15, 0.2) is 41.5 Å². The van der Waals surface area contributed by atoms with Gasteiger partial charge in [0.05, 0.1) is 25.3 Å². The molecule has 4 rings (SSSR count). The summed E-state index contributed by atoms with van der Waals surface area (Å²) in [5.74, 6) is 0.895. The molecule has 0 bridgehead atoms. The number of nitrogens with one attached hydrogen (secondary N) is 2. The number of hydrogen-bond acceptors (Lipinski definition) is 8. The third-order valence-corrected chi connectivity index (χ3v) is 5.07. The van der Waals surface area contributed by atoms with Gasteiger partial charge in [-0.15, -0.1) is 0 Å². The van der Waals surface area contributed by atoms with Crippen molar-refractivity contribution in [2.45, 2.75) is 31.5 Å². The van der Waals surface area contributed by atoms with E-state index in [0.717, 1.165) is 5.56 Å². The smallest absolute Gasteiger partial charge is 0.290 e.